The molecule has 1 unspecified atom stereocenters. The molecule has 88 valence electrons. The van der Waals surface area contributed by atoms with Crippen molar-refractivity contribution in [3.8, 4) is 0 Å². The lowest BCUT2D eigenvalue weighted by Gasteiger charge is -2.26. The molecule has 1 saturated carbocycles. The van der Waals surface area contributed by atoms with Crippen LogP contribution in [0.2, 0.25) is 5.02 Å². The average molecular weight is 239 g/mol. The van der Waals surface area contributed by atoms with Gasteiger partial charge in [-0.2, -0.15) is 0 Å². The average Bonchev–Trinajstić information content (AvgIpc) is 2.33. The first-order valence-electron chi connectivity index (χ1n) is 6.18. The van der Waals surface area contributed by atoms with E-state index < -0.39 is 0 Å². The van der Waals surface area contributed by atoms with Crippen molar-refractivity contribution in [1.82, 2.24) is 0 Å². The van der Waals surface area contributed by atoms with E-state index in [4.69, 9.17) is 11.6 Å². The van der Waals surface area contributed by atoms with Gasteiger partial charge in [0.1, 0.15) is 0 Å². The Balaban J connectivity index is 1.90. The third-order valence-electron chi connectivity index (χ3n) is 3.55. The summed E-state index contributed by atoms with van der Waals surface area (Å²) in [5.74, 6) is 0.504. The lowest BCUT2D eigenvalue weighted by Crippen LogP contribution is -2.24. The summed E-state index contributed by atoms with van der Waals surface area (Å²) in [6.07, 6.45) is 6.86. The smallest absolute Gasteiger partial charge is 0.0608 e. The monoisotopic (exact) mass is 238 g/mol. The molecule has 0 amide bonds. The maximum atomic E-state index is 10.2. The van der Waals surface area contributed by atoms with Crippen molar-refractivity contribution in [2.75, 3.05) is 0 Å². The van der Waals surface area contributed by atoms with Gasteiger partial charge in [0.15, 0.2) is 0 Å². The summed E-state index contributed by atoms with van der Waals surface area (Å²) >= 11 is 5.83. The summed E-state index contributed by atoms with van der Waals surface area (Å²) in [6, 6.07) is 7.80. The Morgan fingerprint density at radius 3 is 2.38 bits per heavy atom. The highest BCUT2D eigenvalue weighted by atomic mass is 35.5. The van der Waals surface area contributed by atoms with Gasteiger partial charge in [0.05, 0.1) is 6.10 Å². The molecule has 1 aliphatic carbocycles. The number of aliphatic hydroxyl groups excluding tert-OH is 1. The number of halogens is 1. The van der Waals surface area contributed by atoms with E-state index >= 15 is 0 Å². The Labute approximate surface area is 102 Å². The van der Waals surface area contributed by atoms with Crippen LogP contribution in [0.3, 0.4) is 0 Å². The minimum Gasteiger partial charge on any atom is -0.392 e. The van der Waals surface area contributed by atoms with Crippen LogP contribution in [0.1, 0.15) is 37.7 Å². The minimum absolute atomic E-state index is 0.179. The molecule has 0 aliphatic heterocycles. The second-order valence-corrected chi connectivity index (χ2v) is 5.23. The largest absolute Gasteiger partial charge is 0.392 e. The van der Waals surface area contributed by atoms with Crippen molar-refractivity contribution in [2.45, 2.75) is 44.6 Å². The maximum absolute atomic E-state index is 10.2. The maximum Gasteiger partial charge on any atom is 0.0608 e. The Morgan fingerprint density at radius 2 is 1.75 bits per heavy atom. The molecule has 1 aromatic rings. The van der Waals surface area contributed by atoms with Gasteiger partial charge in [0.2, 0.25) is 0 Å². The fourth-order valence-corrected chi connectivity index (χ4v) is 2.67. The quantitative estimate of drug-likeness (QED) is 0.849. The summed E-state index contributed by atoms with van der Waals surface area (Å²) in [6.45, 7) is 0. The highest BCUT2D eigenvalue weighted by Crippen LogP contribution is 2.28. The van der Waals surface area contributed by atoms with E-state index in [-0.39, 0.29) is 6.10 Å². The van der Waals surface area contributed by atoms with Gasteiger partial charge in [-0.05, 0) is 42.9 Å². The first-order valence-corrected chi connectivity index (χ1v) is 6.56. The molecule has 1 N–H and O–H groups in total. The molecule has 1 nitrogen and oxygen atoms in total. The van der Waals surface area contributed by atoms with Gasteiger partial charge >= 0.3 is 0 Å². The Bertz CT molecular complexity index is 314. The number of benzene rings is 1. The highest BCUT2D eigenvalue weighted by Gasteiger charge is 2.21. The van der Waals surface area contributed by atoms with Crippen LogP contribution in [0, 0.1) is 5.92 Å². The zero-order valence-corrected chi connectivity index (χ0v) is 10.3. The van der Waals surface area contributed by atoms with Crippen molar-refractivity contribution in [3.05, 3.63) is 34.9 Å². The molecule has 16 heavy (non-hydrogen) atoms. The normalized spacial score (nSPS) is 19.6. The van der Waals surface area contributed by atoms with E-state index in [1.807, 2.05) is 24.3 Å². The predicted molar refractivity (Wildman–Crippen MR) is 67.7 cm³/mol. The molecular weight excluding hydrogens is 220 g/mol. The Hall–Kier alpha value is -0.530. The van der Waals surface area contributed by atoms with Crippen LogP contribution in [-0.2, 0) is 6.42 Å². The molecule has 0 radical (unpaired) electrons. The van der Waals surface area contributed by atoms with Crippen LogP contribution in [0.15, 0.2) is 24.3 Å². The van der Waals surface area contributed by atoms with E-state index in [1.165, 1.54) is 37.7 Å². The molecule has 2 heteroatoms. The van der Waals surface area contributed by atoms with E-state index in [0.717, 1.165) is 11.4 Å². The van der Waals surface area contributed by atoms with Gasteiger partial charge in [-0.1, -0.05) is 43.0 Å². The second kappa shape index (κ2) is 5.70. The number of aliphatic hydroxyl groups is 1. The van der Waals surface area contributed by atoms with E-state index in [1.54, 1.807) is 0 Å². The number of hydrogen-bond donors (Lipinski definition) is 1. The molecule has 0 saturated heterocycles. The summed E-state index contributed by atoms with van der Waals surface area (Å²) in [4.78, 5) is 0. The summed E-state index contributed by atoms with van der Waals surface area (Å²) in [7, 11) is 0. The molecular formula is C14H19ClO. The molecule has 0 heterocycles. The minimum atomic E-state index is -0.179. The van der Waals surface area contributed by atoms with Crippen molar-refractivity contribution < 1.29 is 5.11 Å². The van der Waals surface area contributed by atoms with Crippen molar-refractivity contribution in [2.24, 2.45) is 5.92 Å². The predicted octanol–water partition coefficient (Wildman–Crippen LogP) is 3.82. The van der Waals surface area contributed by atoms with Crippen LogP contribution in [0.4, 0.5) is 0 Å². The first-order chi connectivity index (χ1) is 7.75. The third-order valence-corrected chi connectivity index (χ3v) is 3.80. The van der Waals surface area contributed by atoms with Crippen LogP contribution in [-0.4, -0.2) is 11.2 Å². The van der Waals surface area contributed by atoms with Crippen molar-refractivity contribution >= 4 is 11.6 Å². The molecule has 2 rings (SSSR count). The Morgan fingerprint density at radius 1 is 1.12 bits per heavy atom. The highest BCUT2D eigenvalue weighted by molar-refractivity contribution is 6.30. The van der Waals surface area contributed by atoms with Crippen LogP contribution >= 0.6 is 11.6 Å². The molecule has 0 aromatic heterocycles. The van der Waals surface area contributed by atoms with Gasteiger partial charge < -0.3 is 5.11 Å². The zero-order valence-electron chi connectivity index (χ0n) is 9.53. The van der Waals surface area contributed by atoms with Crippen LogP contribution in [0.5, 0.6) is 0 Å². The van der Waals surface area contributed by atoms with Crippen molar-refractivity contribution in [3.63, 3.8) is 0 Å². The Kier molecular flexibility index (Phi) is 4.25. The molecule has 0 spiro atoms. The van der Waals surface area contributed by atoms with Crippen molar-refractivity contribution in [1.29, 1.82) is 0 Å². The number of hydrogen-bond acceptors (Lipinski definition) is 1. The van der Waals surface area contributed by atoms with E-state index in [9.17, 15) is 5.11 Å². The van der Waals surface area contributed by atoms with Crippen LogP contribution in [0.25, 0.3) is 0 Å². The summed E-state index contributed by atoms with van der Waals surface area (Å²) < 4.78 is 0. The molecule has 1 aromatic carbocycles. The van der Waals surface area contributed by atoms with Gasteiger partial charge in [-0.3, -0.25) is 0 Å². The zero-order chi connectivity index (χ0) is 11.4. The number of rotatable bonds is 3. The molecule has 1 aliphatic rings. The fourth-order valence-electron chi connectivity index (χ4n) is 2.55. The molecule has 1 fully saturated rings. The van der Waals surface area contributed by atoms with Gasteiger partial charge in [0, 0.05) is 5.02 Å². The topological polar surface area (TPSA) is 20.2 Å². The van der Waals surface area contributed by atoms with Crippen LogP contribution < -0.4 is 0 Å². The SMILES string of the molecule is OC(Cc1ccc(Cl)cc1)C1CCCCC1. The van der Waals surface area contributed by atoms with Gasteiger partial charge in [-0.15, -0.1) is 0 Å². The van der Waals surface area contributed by atoms with Gasteiger partial charge in [-0.25, -0.2) is 0 Å². The molecule has 1 atom stereocenters. The van der Waals surface area contributed by atoms with Gasteiger partial charge in [0.25, 0.3) is 0 Å². The summed E-state index contributed by atoms with van der Waals surface area (Å²) in [5, 5.41) is 10.9. The van der Waals surface area contributed by atoms with E-state index in [0.29, 0.717) is 5.92 Å². The summed E-state index contributed by atoms with van der Waals surface area (Å²) in [5.41, 5.74) is 1.18. The first kappa shape index (κ1) is 11.9. The third kappa shape index (κ3) is 3.23. The standard InChI is InChI=1S/C14H19ClO/c15-13-8-6-11(7-9-13)10-14(16)12-4-2-1-3-5-12/h6-9,12,14,16H,1-5,10H2. The lowest BCUT2D eigenvalue weighted by atomic mass is 9.83. The van der Waals surface area contributed by atoms with E-state index in [2.05, 4.69) is 0 Å². The fraction of sp³-hybridized carbons (Fsp3) is 0.571. The lowest BCUT2D eigenvalue weighted by molar-refractivity contribution is 0.0851. The molecule has 0 bridgehead atoms. The second-order valence-electron chi connectivity index (χ2n) is 4.80.